The van der Waals surface area contributed by atoms with E-state index in [-0.39, 0.29) is 91.5 Å². The van der Waals surface area contributed by atoms with Crippen molar-refractivity contribution in [2.75, 3.05) is 0 Å². The third kappa shape index (κ3) is 8.89. The first-order valence-corrected chi connectivity index (χ1v) is 0. The topological polar surface area (TPSA) is 0 Å². The summed E-state index contributed by atoms with van der Waals surface area (Å²) >= 11 is 0. The molecule has 0 unspecified atom stereocenters. The second-order valence-corrected chi connectivity index (χ2v) is 0. The zero-order valence-corrected chi connectivity index (χ0v) is 14.1. The Morgan fingerprint density at radius 2 is 1.00 bits per heavy atom. The molecule has 4 heavy (non-hydrogen) atoms. The molecule has 0 nitrogen and oxygen atoms in total. The van der Waals surface area contributed by atoms with Crippen LogP contribution in [0.1, 0.15) is 0 Å². The molecule has 0 atom stereocenters. The normalized spacial score (nSPS) is 0. The van der Waals surface area contributed by atoms with Crippen LogP contribution in [0.15, 0.2) is 0 Å². The van der Waals surface area contributed by atoms with Crippen LogP contribution in [0.25, 0.3) is 0 Å². The van der Waals surface area contributed by atoms with E-state index in [1.807, 2.05) is 0 Å². The maximum absolute atomic E-state index is 0. The van der Waals surface area contributed by atoms with Crippen LogP contribution >= 0.6 is 0 Å². The van der Waals surface area contributed by atoms with Crippen molar-refractivity contribution in [1.29, 1.82) is 0 Å². The first-order chi connectivity index (χ1) is 0. The van der Waals surface area contributed by atoms with Crippen LogP contribution in [-0.2, 0) is 64.2 Å². The van der Waals surface area contributed by atoms with Gasteiger partial charge < -0.3 is 0 Å². The molecule has 0 aliphatic carbocycles. The standard InChI is InChI=1S/Cd.Ni.Pb.Pd.2H. The first-order valence-electron chi connectivity index (χ1n) is 0. The van der Waals surface area contributed by atoms with Gasteiger partial charge in [0.1, 0.15) is 0 Å². The van der Waals surface area contributed by atoms with Crippen molar-refractivity contribution in [3.63, 3.8) is 0 Å². The molecule has 0 aliphatic heterocycles. The molecule has 2 radical (unpaired) electrons. The van der Waals surface area contributed by atoms with Crippen molar-refractivity contribution in [3.05, 3.63) is 0 Å². The Morgan fingerprint density at radius 1 is 1.00 bits per heavy atom. The molecule has 0 amide bonds. The average Bonchev–Trinajstić information content (AvgIpc) is 0. The van der Waals surface area contributed by atoms with Gasteiger partial charge in [-0.3, -0.25) is 0 Å². The van der Waals surface area contributed by atoms with Gasteiger partial charge in [0.2, 0.25) is 0 Å². The Balaban J connectivity index is 0. The fraction of sp³-hybridized carbons (Fsp3) is 0. The maximum atomic E-state index is 0. The fourth-order valence-electron chi connectivity index (χ4n) is 0. The van der Waals surface area contributed by atoms with E-state index < -0.39 is 0 Å². The van der Waals surface area contributed by atoms with Gasteiger partial charge in [-0.1, -0.05) is 0 Å². The van der Waals surface area contributed by atoms with Gasteiger partial charge in [-0.05, 0) is 0 Å². The van der Waals surface area contributed by atoms with Crippen LogP contribution in [0.2, 0.25) is 0 Å². The van der Waals surface area contributed by atoms with E-state index in [0.717, 1.165) is 0 Å². The maximum Gasteiger partial charge on any atom is 0 e. The minimum absolute atomic E-state index is 0. The molecule has 0 aromatic heterocycles. The summed E-state index contributed by atoms with van der Waals surface area (Å²) in [7, 11) is 0. The predicted molar refractivity (Wildman–Crippen MR) is 8.54 cm³/mol. The average molecular weight is 487 g/mol. The molecule has 0 heterocycles. The summed E-state index contributed by atoms with van der Waals surface area (Å²) in [5.41, 5.74) is 0. The van der Waals surface area contributed by atoms with E-state index >= 15 is 0 Å². The van der Waals surface area contributed by atoms with Gasteiger partial charge in [-0.15, -0.1) is 0 Å². The third-order valence-electron chi connectivity index (χ3n) is 0. The van der Waals surface area contributed by atoms with Crippen LogP contribution < -0.4 is 0 Å². The Hall–Kier alpha value is 3.00. The Bertz CT molecular complexity index is 8.00. The molecule has 0 bridgehead atoms. The molecule has 0 aliphatic rings. The van der Waals surface area contributed by atoms with Crippen molar-refractivity contribution in [2.24, 2.45) is 0 Å². The molecule has 0 aromatic rings. The monoisotopic (exact) mass is 488 g/mol. The van der Waals surface area contributed by atoms with Crippen LogP contribution in [0.5, 0.6) is 0 Å². The molecule has 0 saturated heterocycles. The van der Waals surface area contributed by atoms with Crippen LogP contribution in [0.3, 0.4) is 0 Å². The first kappa shape index (κ1) is 28.0. The van der Waals surface area contributed by atoms with E-state index in [1.54, 1.807) is 0 Å². The number of rotatable bonds is 0. The molecular formula is H2CdNiPbPd. The number of hydrogen-bond donors (Lipinski definition) is 0. The molecular weight excluding hydrogens is 485 g/mol. The zero-order valence-electron chi connectivity index (χ0n) is 2.05. The Morgan fingerprint density at radius 3 is 1.00 bits per heavy atom. The Labute approximate surface area is 89.8 Å². The summed E-state index contributed by atoms with van der Waals surface area (Å²) < 4.78 is 0. The van der Waals surface area contributed by atoms with E-state index in [1.165, 1.54) is 0 Å². The number of hydrogen-bond acceptors (Lipinski definition) is 0. The summed E-state index contributed by atoms with van der Waals surface area (Å²) in [5, 5.41) is 0. The van der Waals surface area contributed by atoms with Crippen LogP contribution in [0.4, 0.5) is 0 Å². The van der Waals surface area contributed by atoms with Crippen molar-refractivity contribution in [3.8, 4) is 0 Å². The molecule has 28 valence electrons. The third-order valence-corrected chi connectivity index (χ3v) is 0. The summed E-state index contributed by atoms with van der Waals surface area (Å²) in [6.07, 6.45) is 0. The van der Waals surface area contributed by atoms with Gasteiger partial charge in [0.15, 0.2) is 0 Å². The van der Waals surface area contributed by atoms with Crippen LogP contribution in [-0.4, -0.2) is 27.3 Å². The van der Waals surface area contributed by atoms with Crippen molar-refractivity contribution >= 4 is 27.3 Å². The molecule has 0 spiro atoms. The quantitative estimate of drug-likeness (QED) is 0.389. The zero-order chi connectivity index (χ0) is 0. The second-order valence-electron chi connectivity index (χ2n) is 0. The smallest absolute Gasteiger partial charge is 0 e. The van der Waals surface area contributed by atoms with Crippen molar-refractivity contribution in [1.82, 2.24) is 0 Å². The van der Waals surface area contributed by atoms with Crippen molar-refractivity contribution in [2.45, 2.75) is 0 Å². The van der Waals surface area contributed by atoms with E-state index in [2.05, 4.69) is 0 Å². The van der Waals surface area contributed by atoms with Crippen molar-refractivity contribution < 1.29 is 64.2 Å². The van der Waals surface area contributed by atoms with Gasteiger partial charge in [-0.25, -0.2) is 0 Å². The molecule has 0 rings (SSSR count). The van der Waals surface area contributed by atoms with Gasteiger partial charge >= 0.3 is 27.3 Å². The van der Waals surface area contributed by atoms with E-state index in [9.17, 15) is 0 Å². The molecule has 0 fully saturated rings. The summed E-state index contributed by atoms with van der Waals surface area (Å²) in [6, 6.07) is 0. The predicted octanol–water partition coefficient (Wildman–Crippen LogP) is -0.924. The molecule has 0 saturated carbocycles. The Kier molecular flexibility index (Phi) is 117. The minimum Gasteiger partial charge on any atom is 0 e. The largest absolute Gasteiger partial charge is 0 e. The van der Waals surface area contributed by atoms with E-state index in [0.29, 0.717) is 0 Å². The van der Waals surface area contributed by atoms with Gasteiger partial charge in [0.05, 0.1) is 0 Å². The van der Waals surface area contributed by atoms with Gasteiger partial charge in [0.25, 0.3) is 0 Å². The SMILES string of the molecule is [Cd].[Ni].[PbH2].[Pd]. The summed E-state index contributed by atoms with van der Waals surface area (Å²) in [4.78, 5) is 0. The van der Waals surface area contributed by atoms with Gasteiger partial charge in [0, 0.05) is 64.2 Å². The molecule has 4 heteroatoms. The van der Waals surface area contributed by atoms with E-state index in [4.69, 9.17) is 0 Å². The summed E-state index contributed by atoms with van der Waals surface area (Å²) in [5.74, 6) is 0. The fourth-order valence-corrected chi connectivity index (χ4v) is 0. The van der Waals surface area contributed by atoms with Crippen LogP contribution in [0, 0.1) is 0 Å². The molecule has 0 aromatic carbocycles. The summed E-state index contributed by atoms with van der Waals surface area (Å²) in [6.45, 7) is 0. The van der Waals surface area contributed by atoms with Gasteiger partial charge in [-0.2, -0.15) is 0 Å². The molecule has 0 N–H and O–H groups in total. The second kappa shape index (κ2) is 16.7. The minimum atomic E-state index is 0.